The quantitative estimate of drug-likeness (QED) is 0.479. The van der Waals surface area contributed by atoms with Gasteiger partial charge in [-0.3, -0.25) is 9.59 Å². The molecule has 3 rings (SSSR count). The summed E-state index contributed by atoms with van der Waals surface area (Å²) in [7, 11) is 0. The zero-order chi connectivity index (χ0) is 22.9. The highest BCUT2D eigenvalue weighted by molar-refractivity contribution is 7.99. The first kappa shape index (κ1) is 24.7. The fourth-order valence-corrected chi connectivity index (χ4v) is 5.09. The molecule has 172 valence electrons. The number of thioether (sulfide) groups is 1. The van der Waals surface area contributed by atoms with Crippen LogP contribution in [0.1, 0.15) is 55.7 Å². The van der Waals surface area contributed by atoms with Crippen molar-refractivity contribution in [2.75, 3.05) is 5.75 Å². The molecule has 1 fully saturated rings. The molecule has 0 radical (unpaired) electrons. The van der Waals surface area contributed by atoms with E-state index in [9.17, 15) is 9.59 Å². The summed E-state index contributed by atoms with van der Waals surface area (Å²) < 4.78 is 0. The van der Waals surface area contributed by atoms with E-state index in [0.717, 1.165) is 42.6 Å². The zero-order valence-corrected chi connectivity index (χ0v) is 20.6. The van der Waals surface area contributed by atoms with Crippen molar-refractivity contribution in [3.05, 3.63) is 70.2 Å². The highest BCUT2D eigenvalue weighted by Crippen LogP contribution is 2.21. The van der Waals surface area contributed by atoms with Gasteiger partial charge in [0.05, 0.1) is 5.75 Å². The fraction of sp³-hybridized carbons (Fsp3) is 0.462. The Kier molecular flexibility index (Phi) is 9.49. The van der Waals surface area contributed by atoms with Gasteiger partial charge in [0.25, 0.3) is 0 Å². The van der Waals surface area contributed by atoms with Crippen molar-refractivity contribution in [3.8, 4) is 0 Å². The van der Waals surface area contributed by atoms with Gasteiger partial charge in [0.15, 0.2) is 0 Å². The summed E-state index contributed by atoms with van der Waals surface area (Å²) in [6.07, 6.45) is 4.98. The highest BCUT2D eigenvalue weighted by Gasteiger charge is 2.30. The van der Waals surface area contributed by atoms with Crippen LogP contribution in [0, 0.1) is 6.92 Å². The third-order valence-corrected chi connectivity index (χ3v) is 7.21. The average molecular weight is 473 g/mol. The van der Waals surface area contributed by atoms with E-state index >= 15 is 0 Å². The van der Waals surface area contributed by atoms with E-state index in [2.05, 4.69) is 5.32 Å². The number of hydrogen-bond donors (Lipinski definition) is 1. The van der Waals surface area contributed by atoms with Crippen molar-refractivity contribution in [1.82, 2.24) is 10.2 Å². The highest BCUT2D eigenvalue weighted by atomic mass is 35.5. The maximum absolute atomic E-state index is 13.3. The number of halogens is 1. The van der Waals surface area contributed by atoms with Gasteiger partial charge in [0, 0.05) is 23.4 Å². The van der Waals surface area contributed by atoms with E-state index in [0.29, 0.717) is 23.7 Å². The van der Waals surface area contributed by atoms with Crippen molar-refractivity contribution in [2.45, 2.75) is 70.3 Å². The average Bonchev–Trinajstić information content (AvgIpc) is 3.29. The molecule has 0 unspecified atom stereocenters. The molecule has 0 aromatic heterocycles. The lowest BCUT2D eigenvalue weighted by Gasteiger charge is -2.31. The van der Waals surface area contributed by atoms with Crippen LogP contribution >= 0.6 is 23.4 Å². The molecule has 1 aliphatic rings. The van der Waals surface area contributed by atoms with Crippen molar-refractivity contribution >= 4 is 35.2 Å². The number of nitrogens with one attached hydrogen (secondary N) is 1. The van der Waals surface area contributed by atoms with Crippen LogP contribution in [0.3, 0.4) is 0 Å². The Hall–Kier alpha value is -1.98. The van der Waals surface area contributed by atoms with Gasteiger partial charge in [-0.15, -0.1) is 11.8 Å². The van der Waals surface area contributed by atoms with Gasteiger partial charge >= 0.3 is 0 Å². The lowest BCUT2D eigenvalue weighted by molar-refractivity contribution is -0.139. The number of carbonyl (C=O) groups is 2. The molecule has 1 aliphatic carbocycles. The van der Waals surface area contributed by atoms with Crippen molar-refractivity contribution in [1.29, 1.82) is 0 Å². The van der Waals surface area contributed by atoms with Gasteiger partial charge in [0.2, 0.25) is 11.8 Å². The molecule has 1 atom stereocenters. The van der Waals surface area contributed by atoms with E-state index in [4.69, 9.17) is 11.6 Å². The third kappa shape index (κ3) is 7.28. The van der Waals surface area contributed by atoms with Crippen molar-refractivity contribution < 1.29 is 9.59 Å². The minimum absolute atomic E-state index is 0.00189. The normalized spacial score (nSPS) is 14.8. The molecule has 4 nitrogen and oxygen atoms in total. The second-order valence-corrected chi connectivity index (χ2v) is 9.96. The van der Waals surface area contributed by atoms with E-state index in [1.165, 1.54) is 5.56 Å². The summed E-state index contributed by atoms with van der Waals surface area (Å²) in [4.78, 5) is 28.2. The Morgan fingerprint density at radius 3 is 2.31 bits per heavy atom. The topological polar surface area (TPSA) is 49.4 Å². The number of carbonyl (C=O) groups excluding carboxylic acids is 2. The smallest absolute Gasteiger partial charge is 0.243 e. The summed E-state index contributed by atoms with van der Waals surface area (Å²) in [6, 6.07) is 15.7. The summed E-state index contributed by atoms with van der Waals surface area (Å²) in [6.45, 7) is 4.47. The van der Waals surface area contributed by atoms with Crippen LogP contribution in [-0.4, -0.2) is 34.6 Å². The summed E-state index contributed by atoms with van der Waals surface area (Å²) in [5.41, 5.74) is 3.35. The predicted molar refractivity (Wildman–Crippen MR) is 134 cm³/mol. The largest absolute Gasteiger partial charge is 0.352 e. The Bertz CT molecular complexity index is 880. The predicted octanol–water partition coefficient (Wildman–Crippen LogP) is 5.75. The monoisotopic (exact) mass is 472 g/mol. The lowest BCUT2D eigenvalue weighted by Crippen LogP contribution is -2.51. The molecule has 2 aromatic rings. The van der Waals surface area contributed by atoms with Gasteiger partial charge in [-0.2, -0.15) is 0 Å². The van der Waals surface area contributed by atoms with Crippen LogP contribution in [0.4, 0.5) is 0 Å². The molecule has 1 N–H and O–H groups in total. The van der Waals surface area contributed by atoms with Crippen LogP contribution in [0.2, 0.25) is 5.02 Å². The molecule has 1 saturated carbocycles. The summed E-state index contributed by atoms with van der Waals surface area (Å²) in [5, 5.41) is 3.90. The molecule has 0 aliphatic heterocycles. The van der Waals surface area contributed by atoms with Gasteiger partial charge in [-0.25, -0.2) is 0 Å². The minimum Gasteiger partial charge on any atom is -0.352 e. The summed E-state index contributed by atoms with van der Waals surface area (Å²) in [5.74, 6) is 1.04. The first-order valence-electron chi connectivity index (χ1n) is 11.4. The molecule has 2 amide bonds. The molecular weight excluding hydrogens is 440 g/mol. The van der Waals surface area contributed by atoms with E-state index in [1.807, 2.05) is 62.4 Å². The molecule has 32 heavy (non-hydrogen) atoms. The van der Waals surface area contributed by atoms with Gasteiger partial charge in [-0.05, 0) is 49.4 Å². The van der Waals surface area contributed by atoms with Crippen LogP contribution in [0.25, 0.3) is 0 Å². The van der Waals surface area contributed by atoms with Gasteiger partial charge < -0.3 is 10.2 Å². The maximum Gasteiger partial charge on any atom is 0.243 e. The number of rotatable bonds is 10. The van der Waals surface area contributed by atoms with Crippen molar-refractivity contribution in [3.63, 3.8) is 0 Å². The zero-order valence-electron chi connectivity index (χ0n) is 19.0. The molecule has 0 heterocycles. The maximum atomic E-state index is 13.3. The standard InChI is InChI=1S/C26H33ClN2O2S/c1-3-24(26(31)28-23-6-4-5-7-23)29(16-20-10-8-19(2)9-11-20)25(30)18-32-17-21-12-14-22(27)15-13-21/h8-15,23-24H,3-7,16-18H2,1-2H3,(H,28,31)/t24-/m1/s1. The third-order valence-electron chi connectivity index (χ3n) is 5.97. The number of nitrogens with zero attached hydrogens (tertiary/aromatic N) is 1. The Morgan fingerprint density at radius 1 is 1.06 bits per heavy atom. The Labute approximate surface area is 201 Å². The van der Waals surface area contributed by atoms with Gasteiger partial charge in [-0.1, -0.05) is 73.3 Å². The molecule has 0 bridgehead atoms. The molecule has 2 aromatic carbocycles. The summed E-state index contributed by atoms with van der Waals surface area (Å²) >= 11 is 7.53. The number of hydrogen-bond acceptors (Lipinski definition) is 3. The van der Waals surface area contributed by atoms with Crippen LogP contribution in [0.5, 0.6) is 0 Å². The Balaban J connectivity index is 1.68. The molecule has 0 saturated heterocycles. The number of aryl methyl sites for hydroxylation is 1. The molecular formula is C26H33ClN2O2S. The second kappa shape index (κ2) is 12.3. The minimum atomic E-state index is -0.458. The fourth-order valence-electron chi connectivity index (χ4n) is 4.10. The second-order valence-electron chi connectivity index (χ2n) is 8.54. The SMILES string of the molecule is CC[C@H](C(=O)NC1CCCC1)N(Cc1ccc(C)cc1)C(=O)CSCc1ccc(Cl)cc1. The number of benzene rings is 2. The van der Waals surface area contributed by atoms with Crippen molar-refractivity contribution in [2.24, 2.45) is 0 Å². The van der Waals surface area contributed by atoms with E-state index in [1.54, 1.807) is 16.7 Å². The molecule has 6 heteroatoms. The van der Waals surface area contributed by atoms with Crippen LogP contribution < -0.4 is 5.32 Å². The van der Waals surface area contributed by atoms with Gasteiger partial charge in [0.1, 0.15) is 6.04 Å². The number of amides is 2. The van der Waals surface area contributed by atoms with Crippen LogP contribution in [-0.2, 0) is 21.9 Å². The Morgan fingerprint density at radius 2 is 1.69 bits per heavy atom. The van der Waals surface area contributed by atoms with E-state index < -0.39 is 6.04 Å². The first-order valence-corrected chi connectivity index (χ1v) is 13.0. The molecule has 0 spiro atoms. The lowest BCUT2D eigenvalue weighted by atomic mass is 10.1. The van der Waals surface area contributed by atoms with E-state index in [-0.39, 0.29) is 17.9 Å². The first-order chi connectivity index (χ1) is 15.5. The van der Waals surface area contributed by atoms with Crippen LogP contribution in [0.15, 0.2) is 48.5 Å².